The lowest BCUT2D eigenvalue weighted by molar-refractivity contribution is -0.140. The third kappa shape index (κ3) is 7.67. The lowest BCUT2D eigenvalue weighted by atomic mass is 10.1. The van der Waals surface area contributed by atoms with E-state index >= 15 is 0 Å². The number of carbonyl (C=O) groups is 2. The first kappa shape index (κ1) is 31.7. The van der Waals surface area contributed by atoms with Gasteiger partial charge in [0.05, 0.1) is 17.7 Å². The molecule has 0 fully saturated rings. The van der Waals surface area contributed by atoms with Crippen molar-refractivity contribution in [3.8, 4) is 5.75 Å². The molecule has 3 aromatic carbocycles. The molecule has 0 unspecified atom stereocenters. The molecular formula is C32H41N3O5S. The summed E-state index contributed by atoms with van der Waals surface area (Å²) in [5.41, 5.74) is 3.74. The van der Waals surface area contributed by atoms with Crippen LogP contribution in [0, 0.1) is 20.8 Å². The van der Waals surface area contributed by atoms with Gasteiger partial charge in [-0.3, -0.25) is 13.9 Å². The van der Waals surface area contributed by atoms with E-state index in [2.05, 4.69) is 5.32 Å². The van der Waals surface area contributed by atoms with E-state index in [4.69, 9.17) is 4.74 Å². The van der Waals surface area contributed by atoms with Crippen molar-refractivity contribution in [2.75, 3.05) is 18.0 Å². The largest absolute Gasteiger partial charge is 0.497 e. The lowest BCUT2D eigenvalue weighted by Crippen LogP contribution is -2.53. The van der Waals surface area contributed by atoms with Crippen LogP contribution >= 0.6 is 0 Å². The highest BCUT2D eigenvalue weighted by molar-refractivity contribution is 7.92. The van der Waals surface area contributed by atoms with Crippen LogP contribution in [0.15, 0.2) is 71.6 Å². The molecule has 2 amide bonds. The Bertz CT molecular complexity index is 1470. The summed E-state index contributed by atoms with van der Waals surface area (Å²) in [6, 6.07) is 18.3. The molecule has 0 saturated heterocycles. The molecule has 3 aromatic rings. The summed E-state index contributed by atoms with van der Waals surface area (Å²) in [6.07, 6.45) is 0.350. The molecule has 41 heavy (non-hydrogen) atoms. The molecule has 0 saturated carbocycles. The topological polar surface area (TPSA) is 96.0 Å². The number of ether oxygens (including phenoxy) is 1. The Hall–Kier alpha value is -3.85. The van der Waals surface area contributed by atoms with Gasteiger partial charge in [0.2, 0.25) is 11.8 Å². The normalized spacial score (nSPS) is 12.1. The van der Waals surface area contributed by atoms with Crippen molar-refractivity contribution < 1.29 is 22.7 Å². The number of methoxy groups -OCH3 is 1. The van der Waals surface area contributed by atoms with Crippen LogP contribution in [-0.4, -0.2) is 50.9 Å². The van der Waals surface area contributed by atoms with Crippen molar-refractivity contribution in [1.29, 1.82) is 0 Å². The molecule has 0 aliphatic rings. The fourth-order valence-corrected chi connectivity index (χ4v) is 6.10. The summed E-state index contributed by atoms with van der Waals surface area (Å²) in [7, 11) is -2.57. The molecule has 3 rings (SSSR count). The quantitative estimate of drug-likeness (QED) is 0.320. The number of sulfonamides is 1. The van der Waals surface area contributed by atoms with Crippen LogP contribution in [0.25, 0.3) is 0 Å². The summed E-state index contributed by atoms with van der Waals surface area (Å²) in [5.74, 6) is -0.165. The van der Waals surface area contributed by atoms with Crippen molar-refractivity contribution in [3.63, 3.8) is 0 Å². The van der Waals surface area contributed by atoms with Gasteiger partial charge in [0.15, 0.2) is 0 Å². The van der Waals surface area contributed by atoms with E-state index in [9.17, 15) is 18.0 Å². The zero-order chi connectivity index (χ0) is 30.3. The maximum Gasteiger partial charge on any atom is 0.264 e. The van der Waals surface area contributed by atoms with Crippen LogP contribution in [-0.2, 0) is 26.2 Å². The van der Waals surface area contributed by atoms with Crippen LogP contribution in [0.3, 0.4) is 0 Å². The van der Waals surface area contributed by atoms with Gasteiger partial charge in [0.25, 0.3) is 10.0 Å². The fourth-order valence-electron chi connectivity index (χ4n) is 4.62. The minimum atomic E-state index is -4.13. The molecule has 0 bridgehead atoms. The van der Waals surface area contributed by atoms with Gasteiger partial charge in [-0.15, -0.1) is 0 Å². The van der Waals surface area contributed by atoms with Crippen LogP contribution in [0.2, 0.25) is 0 Å². The molecule has 8 nitrogen and oxygen atoms in total. The third-order valence-corrected chi connectivity index (χ3v) is 8.81. The second-order valence-electron chi connectivity index (χ2n) is 10.5. The van der Waals surface area contributed by atoms with Crippen molar-refractivity contribution in [2.24, 2.45) is 0 Å². The Morgan fingerprint density at radius 1 is 0.951 bits per heavy atom. The zero-order valence-corrected chi connectivity index (χ0v) is 25.8. The maximum atomic E-state index is 14.2. The van der Waals surface area contributed by atoms with Gasteiger partial charge in [-0.1, -0.05) is 48.9 Å². The predicted molar refractivity (Wildman–Crippen MR) is 163 cm³/mol. The monoisotopic (exact) mass is 579 g/mol. The lowest BCUT2D eigenvalue weighted by Gasteiger charge is -2.34. The van der Waals surface area contributed by atoms with E-state index in [-0.39, 0.29) is 23.4 Å². The average Bonchev–Trinajstić information content (AvgIpc) is 2.93. The highest BCUT2D eigenvalue weighted by Gasteiger charge is 2.34. The van der Waals surface area contributed by atoms with Crippen molar-refractivity contribution in [3.05, 3.63) is 89.0 Å². The average molecular weight is 580 g/mol. The number of carbonyl (C=O) groups excluding carboxylic acids is 2. The van der Waals surface area contributed by atoms with Gasteiger partial charge >= 0.3 is 0 Å². The SMILES string of the molecule is CC[C@H](C(=O)NC(C)C)N(Cc1cccc(OC)c1)C(=O)CN(c1cccc(C)c1C)S(=O)(=O)c1ccc(C)cc1. The Morgan fingerprint density at radius 2 is 1.61 bits per heavy atom. The van der Waals surface area contributed by atoms with Crippen molar-refractivity contribution in [2.45, 2.75) is 71.5 Å². The molecule has 0 aromatic heterocycles. The molecule has 0 radical (unpaired) electrons. The number of aryl methyl sites for hydroxylation is 2. The third-order valence-electron chi connectivity index (χ3n) is 7.04. The first-order valence-electron chi connectivity index (χ1n) is 13.8. The summed E-state index contributed by atoms with van der Waals surface area (Å²) < 4.78 is 34.7. The van der Waals surface area contributed by atoms with E-state index in [1.54, 1.807) is 55.6 Å². The summed E-state index contributed by atoms with van der Waals surface area (Å²) >= 11 is 0. The van der Waals surface area contributed by atoms with Gasteiger partial charge in [0, 0.05) is 12.6 Å². The Balaban J connectivity index is 2.11. The Labute approximate surface area is 244 Å². The molecule has 0 aliphatic heterocycles. The minimum absolute atomic E-state index is 0.0840. The van der Waals surface area contributed by atoms with Crippen molar-refractivity contribution in [1.82, 2.24) is 10.2 Å². The molecule has 220 valence electrons. The minimum Gasteiger partial charge on any atom is -0.497 e. The highest BCUT2D eigenvalue weighted by atomic mass is 32.2. The van der Waals surface area contributed by atoms with Gasteiger partial charge in [-0.2, -0.15) is 0 Å². The molecule has 0 heterocycles. The number of benzene rings is 3. The Morgan fingerprint density at radius 3 is 2.22 bits per heavy atom. The smallest absolute Gasteiger partial charge is 0.264 e. The number of hydrogen-bond acceptors (Lipinski definition) is 5. The first-order valence-corrected chi connectivity index (χ1v) is 15.2. The van der Waals surface area contributed by atoms with Gasteiger partial charge in [-0.05, 0) is 88.1 Å². The molecule has 0 spiro atoms. The van der Waals surface area contributed by atoms with Crippen LogP contribution in [0.5, 0.6) is 5.75 Å². The summed E-state index contributed by atoms with van der Waals surface area (Å²) in [4.78, 5) is 29.1. The maximum absolute atomic E-state index is 14.2. The van der Waals surface area contributed by atoms with E-state index < -0.39 is 28.5 Å². The first-order chi connectivity index (χ1) is 19.4. The standard InChI is InChI=1S/C32H41N3O5S/c1-8-29(32(37)33-22(2)3)34(20-26-12-10-13-27(19-26)40-7)31(36)21-35(30-14-9-11-24(5)25(30)6)41(38,39)28-17-15-23(4)16-18-28/h9-19,22,29H,8,20-21H2,1-7H3,(H,33,37)/t29-/m1/s1. The number of anilines is 1. The van der Waals surface area contributed by atoms with Gasteiger partial charge < -0.3 is 15.0 Å². The number of nitrogens with one attached hydrogen (secondary N) is 1. The summed E-state index contributed by atoms with van der Waals surface area (Å²) in [6.45, 7) is 10.8. The predicted octanol–water partition coefficient (Wildman–Crippen LogP) is 5.15. The Kier molecular flexibility index (Phi) is 10.6. The summed E-state index contributed by atoms with van der Waals surface area (Å²) in [5, 5.41) is 2.91. The van der Waals surface area contributed by atoms with E-state index in [1.807, 2.05) is 59.7 Å². The van der Waals surface area contributed by atoms with E-state index in [1.165, 1.54) is 4.90 Å². The van der Waals surface area contributed by atoms with Crippen LogP contribution < -0.4 is 14.4 Å². The van der Waals surface area contributed by atoms with Crippen LogP contribution in [0.1, 0.15) is 49.4 Å². The number of hydrogen-bond donors (Lipinski definition) is 1. The highest BCUT2D eigenvalue weighted by Crippen LogP contribution is 2.29. The van der Waals surface area contributed by atoms with Gasteiger partial charge in [-0.25, -0.2) is 8.42 Å². The molecule has 9 heteroatoms. The fraction of sp³-hybridized carbons (Fsp3) is 0.375. The molecule has 0 aliphatic carbocycles. The number of nitrogens with zero attached hydrogens (tertiary/aromatic N) is 2. The second kappa shape index (κ2) is 13.7. The second-order valence-corrected chi connectivity index (χ2v) is 12.4. The number of rotatable bonds is 12. The van der Waals surface area contributed by atoms with Gasteiger partial charge in [0.1, 0.15) is 18.3 Å². The molecular weight excluding hydrogens is 538 g/mol. The van der Waals surface area contributed by atoms with E-state index in [0.29, 0.717) is 17.9 Å². The molecule has 1 N–H and O–H groups in total. The van der Waals surface area contributed by atoms with Crippen LogP contribution in [0.4, 0.5) is 5.69 Å². The zero-order valence-electron chi connectivity index (χ0n) is 25.0. The van der Waals surface area contributed by atoms with E-state index in [0.717, 1.165) is 26.6 Å². The van der Waals surface area contributed by atoms with Crippen molar-refractivity contribution >= 4 is 27.5 Å². The number of amides is 2. The molecule has 1 atom stereocenters.